The van der Waals surface area contributed by atoms with E-state index in [9.17, 15) is 13.2 Å². The minimum absolute atomic E-state index is 0.151. The number of amides is 1. The summed E-state index contributed by atoms with van der Waals surface area (Å²) in [6.07, 6.45) is 0.151. The minimum Gasteiger partial charge on any atom is -0.358 e. The quantitative estimate of drug-likeness (QED) is 0.916. The summed E-state index contributed by atoms with van der Waals surface area (Å²) in [7, 11) is -2.28. The van der Waals surface area contributed by atoms with Crippen LogP contribution in [0.15, 0.2) is 65.6 Å². The lowest BCUT2D eigenvalue weighted by atomic mass is 10.1. The van der Waals surface area contributed by atoms with Gasteiger partial charge in [-0.3, -0.25) is 4.79 Å². The molecule has 0 spiro atoms. The van der Waals surface area contributed by atoms with Gasteiger partial charge in [-0.2, -0.15) is 0 Å². The SMILES string of the molecule is CNC(=O)[C@@H](Cc1ccccc1)S(=O)(=O)c1ccccc1. The van der Waals surface area contributed by atoms with Crippen LogP contribution < -0.4 is 5.32 Å². The van der Waals surface area contributed by atoms with Crippen molar-refractivity contribution >= 4 is 15.7 Å². The summed E-state index contributed by atoms with van der Waals surface area (Å²) in [4.78, 5) is 12.2. The first-order chi connectivity index (χ1) is 10.1. The van der Waals surface area contributed by atoms with Gasteiger partial charge >= 0.3 is 0 Å². The molecular weight excluding hydrogens is 286 g/mol. The third-order valence-electron chi connectivity index (χ3n) is 3.25. The molecule has 0 saturated heterocycles. The summed E-state index contributed by atoms with van der Waals surface area (Å²) in [5.74, 6) is -0.497. The molecule has 0 radical (unpaired) electrons. The molecule has 21 heavy (non-hydrogen) atoms. The molecule has 0 saturated carbocycles. The van der Waals surface area contributed by atoms with Gasteiger partial charge in [0.25, 0.3) is 0 Å². The zero-order valence-corrected chi connectivity index (χ0v) is 12.5. The van der Waals surface area contributed by atoms with Gasteiger partial charge in [-0.25, -0.2) is 8.42 Å². The molecule has 0 aromatic heterocycles. The average Bonchev–Trinajstić information content (AvgIpc) is 2.53. The van der Waals surface area contributed by atoms with Crippen molar-refractivity contribution in [3.8, 4) is 0 Å². The summed E-state index contributed by atoms with van der Waals surface area (Å²) >= 11 is 0. The van der Waals surface area contributed by atoms with Crippen LogP contribution in [0, 0.1) is 0 Å². The first kappa shape index (κ1) is 15.3. The van der Waals surface area contributed by atoms with Crippen LogP contribution in [0.3, 0.4) is 0 Å². The highest BCUT2D eigenvalue weighted by molar-refractivity contribution is 7.92. The Morgan fingerprint density at radius 3 is 2.05 bits per heavy atom. The molecule has 2 aromatic rings. The lowest BCUT2D eigenvalue weighted by Crippen LogP contribution is -2.39. The van der Waals surface area contributed by atoms with Crippen molar-refractivity contribution in [1.29, 1.82) is 0 Å². The standard InChI is InChI=1S/C16H17NO3S/c1-17-16(18)15(12-13-8-4-2-5-9-13)21(19,20)14-10-6-3-7-11-14/h2-11,15H,12H2,1H3,(H,17,18)/t15-/m1/s1. The van der Waals surface area contributed by atoms with Crippen molar-refractivity contribution in [2.24, 2.45) is 0 Å². The van der Waals surface area contributed by atoms with E-state index in [1.807, 2.05) is 30.3 Å². The largest absolute Gasteiger partial charge is 0.358 e. The molecule has 0 aliphatic rings. The van der Waals surface area contributed by atoms with Gasteiger partial charge < -0.3 is 5.32 Å². The van der Waals surface area contributed by atoms with Gasteiger partial charge in [-0.05, 0) is 24.1 Å². The Kier molecular flexibility index (Phi) is 4.75. The molecular formula is C16H17NO3S. The zero-order chi connectivity index (χ0) is 15.3. The molecule has 0 aliphatic carbocycles. The number of hydrogen-bond acceptors (Lipinski definition) is 3. The number of nitrogens with one attached hydrogen (secondary N) is 1. The van der Waals surface area contributed by atoms with E-state index in [2.05, 4.69) is 5.32 Å². The van der Waals surface area contributed by atoms with E-state index in [4.69, 9.17) is 0 Å². The fraction of sp³-hybridized carbons (Fsp3) is 0.188. The maximum Gasteiger partial charge on any atom is 0.238 e. The summed E-state index contributed by atoms with van der Waals surface area (Å²) in [6, 6.07) is 17.2. The Hall–Kier alpha value is -2.14. The summed E-state index contributed by atoms with van der Waals surface area (Å²) in [5.41, 5.74) is 0.811. The molecule has 0 fully saturated rings. The molecule has 2 aromatic carbocycles. The second kappa shape index (κ2) is 6.54. The fourth-order valence-corrected chi connectivity index (χ4v) is 3.78. The number of benzene rings is 2. The van der Waals surface area contributed by atoms with E-state index < -0.39 is 21.0 Å². The average molecular weight is 303 g/mol. The van der Waals surface area contributed by atoms with Gasteiger partial charge in [0.2, 0.25) is 5.91 Å². The third-order valence-corrected chi connectivity index (χ3v) is 5.31. The number of hydrogen-bond donors (Lipinski definition) is 1. The smallest absolute Gasteiger partial charge is 0.238 e. The van der Waals surface area contributed by atoms with Gasteiger partial charge in [0, 0.05) is 7.05 Å². The number of sulfone groups is 1. The Morgan fingerprint density at radius 2 is 1.52 bits per heavy atom. The van der Waals surface area contributed by atoms with Gasteiger partial charge in [0.15, 0.2) is 9.84 Å². The van der Waals surface area contributed by atoms with Gasteiger partial charge in [-0.1, -0.05) is 48.5 Å². The van der Waals surface area contributed by atoms with Crippen LogP contribution in [0.1, 0.15) is 5.56 Å². The van der Waals surface area contributed by atoms with Crippen LogP contribution >= 0.6 is 0 Å². The normalized spacial score (nSPS) is 12.6. The highest BCUT2D eigenvalue weighted by Gasteiger charge is 2.33. The first-order valence-corrected chi connectivity index (χ1v) is 8.15. The molecule has 1 N–H and O–H groups in total. The van der Waals surface area contributed by atoms with Crippen LogP contribution in [0.5, 0.6) is 0 Å². The Balaban J connectivity index is 2.39. The van der Waals surface area contributed by atoms with Crippen LogP contribution in [0.25, 0.3) is 0 Å². The summed E-state index contributed by atoms with van der Waals surface area (Å²) in [5, 5.41) is 1.31. The molecule has 0 aliphatic heterocycles. The molecule has 2 rings (SSSR count). The van der Waals surface area contributed by atoms with Crippen LogP contribution in [-0.2, 0) is 21.1 Å². The maximum atomic E-state index is 12.7. The zero-order valence-electron chi connectivity index (χ0n) is 11.7. The summed E-state index contributed by atoms with van der Waals surface area (Å²) in [6.45, 7) is 0. The fourth-order valence-electron chi connectivity index (χ4n) is 2.11. The molecule has 5 heteroatoms. The molecule has 1 atom stereocenters. The van der Waals surface area contributed by atoms with E-state index in [0.717, 1.165) is 5.56 Å². The Labute approximate surface area is 124 Å². The lowest BCUT2D eigenvalue weighted by molar-refractivity contribution is -0.120. The highest BCUT2D eigenvalue weighted by atomic mass is 32.2. The van der Waals surface area contributed by atoms with E-state index in [-0.39, 0.29) is 11.3 Å². The molecule has 0 bridgehead atoms. The van der Waals surface area contributed by atoms with Gasteiger partial charge in [0.1, 0.15) is 5.25 Å². The number of carbonyl (C=O) groups excluding carboxylic acids is 1. The predicted octanol–water partition coefficient (Wildman–Crippen LogP) is 1.82. The minimum atomic E-state index is -3.72. The van der Waals surface area contributed by atoms with Crippen molar-refractivity contribution in [2.45, 2.75) is 16.6 Å². The second-order valence-corrected chi connectivity index (χ2v) is 6.78. The number of carbonyl (C=O) groups is 1. The van der Waals surface area contributed by atoms with Crippen molar-refractivity contribution in [3.05, 3.63) is 66.2 Å². The molecule has 110 valence electrons. The first-order valence-electron chi connectivity index (χ1n) is 6.60. The predicted molar refractivity (Wildman–Crippen MR) is 81.6 cm³/mol. The summed E-state index contributed by atoms with van der Waals surface area (Å²) < 4.78 is 25.4. The van der Waals surface area contributed by atoms with Crippen molar-refractivity contribution in [3.63, 3.8) is 0 Å². The van der Waals surface area contributed by atoms with E-state index >= 15 is 0 Å². The van der Waals surface area contributed by atoms with Crippen LogP contribution in [0.2, 0.25) is 0 Å². The van der Waals surface area contributed by atoms with Gasteiger partial charge in [0.05, 0.1) is 4.90 Å². The van der Waals surface area contributed by atoms with Gasteiger partial charge in [-0.15, -0.1) is 0 Å². The maximum absolute atomic E-state index is 12.7. The molecule has 0 unspecified atom stereocenters. The van der Waals surface area contributed by atoms with E-state index in [1.165, 1.54) is 19.2 Å². The van der Waals surface area contributed by atoms with Crippen LogP contribution in [0.4, 0.5) is 0 Å². The third kappa shape index (κ3) is 3.49. The van der Waals surface area contributed by atoms with Crippen molar-refractivity contribution < 1.29 is 13.2 Å². The Morgan fingerprint density at radius 1 is 1.00 bits per heavy atom. The van der Waals surface area contributed by atoms with Crippen molar-refractivity contribution in [2.75, 3.05) is 7.05 Å². The lowest BCUT2D eigenvalue weighted by Gasteiger charge is -2.16. The number of rotatable bonds is 5. The molecule has 4 nitrogen and oxygen atoms in total. The Bertz CT molecular complexity index is 697. The topological polar surface area (TPSA) is 63.2 Å². The van der Waals surface area contributed by atoms with E-state index in [1.54, 1.807) is 18.2 Å². The van der Waals surface area contributed by atoms with Crippen molar-refractivity contribution in [1.82, 2.24) is 5.32 Å². The molecule has 1 amide bonds. The second-order valence-electron chi connectivity index (χ2n) is 4.65. The van der Waals surface area contributed by atoms with Crippen LogP contribution in [-0.4, -0.2) is 26.6 Å². The monoisotopic (exact) mass is 303 g/mol. The molecule has 0 heterocycles. The highest BCUT2D eigenvalue weighted by Crippen LogP contribution is 2.19. The van der Waals surface area contributed by atoms with E-state index in [0.29, 0.717) is 0 Å².